The Kier molecular flexibility index (Phi) is 8.63. The monoisotopic (exact) mass is 524 g/mol. The summed E-state index contributed by atoms with van der Waals surface area (Å²) in [5.74, 6) is 0.778. The molecule has 0 fully saturated rings. The third-order valence-corrected chi connectivity index (χ3v) is 5.85. The molecule has 0 aliphatic carbocycles. The van der Waals surface area contributed by atoms with E-state index in [0.717, 1.165) is 35.4 Å². The molecule has 0 radical (unpaired) electrons. The lowest BCUT2D eigenvalue weighted by atomic mass is 10.2. The van der Waals surface area contributed by atoms with Crippen molar-refractivity contribution in [3.63, 3.8) is 0 Å². The van der Waals surface area contributed by atoms with E-state index < -0.39 is 0 Å². The minimum absolute atomic E-state index is 0. The van der Waals surface area contributed by atoms with Gasteiger partial charge in [-0.1, -0.05) is 30.3 Å². The van der Waals surface area contributed by atoms with Crippen LogP contribution in [0.25, 0.3) is 0 Å². The Labute approximate surface area is 193 Å². The third-order valence-electron chi connectivity index (χ3n) is 4.78. The van der Waals surface area contributed by atoms with Crippen molar-refractivity contribution in [3.05, 3.63) is 68.4 Å². The van der Waals surface area contributed by atoms with Gasteiger partial charge in [0.05, 0.1) is 29.5 Å². The van der Waals surface area contributed by atoms with Crippen LogP contribution in [0.2, 0.25) is 0 Å². The average molecular weight is 524 g/mol. The first-order chi connectivity index (χ1) is 13.5. The first kappa shape index (κ1) is 23.3. The quantitative estimate of drug-likeness (QED) is 0.290. The van der Waals surface area contributed by atoms with Crippen LogP contribution in [-0.4, -0.2) is 27.8 Å². The molecule has 8 heteroatoms. The van der Waals surface area contributed by atoms with E-state index in [0.29, 0.717) is 6.54 Å². The van der Waals surface area contributed by atoms with E-state index in [9.17, 15) is 0 Å². The van der Waals surface area contributed by atoms with Crippen LogP contribution in [-0.2, 0) is 19.6 Å². The summed E-state index contributed by atoms with van der Waals surface area (Å²) < 4.78 is 2.07. The maximum absolute atomic E-state index is 4.73. The van der Waals surface area contributed by atoms with Crippen LogP contribution >= 0.6 is 35.3 Å². The molecule has 3 aromatic rings. The summed E-state index contributed by atoms with van der Waals surface area (Å²) in [4.78, 5) is 10.1. The van der Waals surface area contributed by atoms with E-state index in [-0.39, 0.29) is 24.0 Å². The van der Waals surface area contributed by atoms with Crippen molar-refractivity contribution < 1.29 is 0 Å². The molecule has 2 heterocycles. The number of aromatic nitrogens is 3. The molecule has 0 saturated heterocycles. The van der Waals surface area contributed by atoms with Gasteiger partial charge in [-0.15, -0.1) is 35.3 Å². The highest BCUT2D eigenvalue weighted by atomic mass is 127. The zero-order valence-corrected chi connectivity index (χ0v) is 20.8. The summed E-state index contributed by atoms with van der Waals surface area (Å²) in [5.41, 5.74) is 5.77. The summed E-state index contributed by atoms with van der Waals surface area (Å²) in [6.45, 7) is 10.5. The molecule has 156 valence electrons. The molecule has 0 amide bonds. The molecular weight excluding hydrogens is 495 g/mol. The molecule has 0 aliphatic rings. The number of nitrogens with zero attached hydrogens (tertiary/aromatic N) is 4. The van der Waals surface area contributed by atoms with Crippen LogP contribution in [0, 0.1) is 27.7 Å². The molecule has 6 nitrogen and oxygen atoms in total. The molecule has 29 heavy (non-hydrogen) atoms. The van der Waals surface area contributed by atoms with Crippen molar-refractivity contribution >= 4 is 41.3 Å². The van der Waals surface area contributed by atoms with Crippen LogP contribution in [0.15, 0.2) is 35.3 Å². The average Bonchev–Trinajstić information content (AvgIpc) is 3.14. The second kappa shape index (κ2) is 10.7. The number of benzene rings is 1. The maximum atomic E-state index is 4.73. The molecule has 0 saturated carbocycles. The highest BCUT2D eigenvalue weighted by Gasteiger charge is 2.13. The third kappa shape index (κ3) is 6.02. The number of thiazole rings is 1. The number of guanidine groups is 1. The summed E-state index contributed by atoms with van der Waals surface area (Å²) in [6, 6.07) is 10.4. The summed E-state index contributed by atoms with van der Waals surface area (Å²) in [5, 5.41) is 12.6. The minimum Gasteiger partial charge on any atom is -0.352 e. The molecule has 2 N–H and O–H groups in total. The predicted octanol–water partition coefficient (Wildman–Crippen LogP) is 4.10. The summed E-state index contributed by atoms with van der Waals surface area (Å²) in [7, 11) is 1.79. The zero-order chi connectivity index (χ0) is 20.1. The van der Waals surface area contributed by atoms with Gasteiger partial charge in [-0.05, 0) is 33.3 Å². The lowest BCUT2D eigenvalue weighted by Crippen LogP contribution is -2.36. The fraction of sp³-hybridized carbons (Fsp3) is 0.381. The summed E-state index contributed by atoms with van der Waals surface area (Å²) >= 11 is 1.72. The smallest absolute Gasteiger partial charge is 0.191 e. The van der Waals surface area contributed by atoms with Gasteiger partial charge in [0.15, 0.2) is 5.96 Å². The Morgan fingerprint density at radius 1 is 1.03 bits per heavy atom. The number of halogens is 1. The van der Waals surface area contributed by atoms with Crippen molar-refractivity contribution in [2.45, 2.75) is 47.3 Å². The molecule has 3 rings (SSSR count). The van der Waals surface area contributed by atoms with Crippen LogP contribution in [0.5, 0.6) is 0 Å². The minimum atomic E-state index is 0. The van der Waals surface area contributed by atoms with Crippen LogP contribution < -0.4 is 10.6 Å². The number of aliphatic imine (C=N–C) groups is 1. The van der Waals surface area contributed by atoms with Gasteiger partial charge in [-0.3, -0.25) is 9.67 Å². The Morgan fingerprint density at radius 2 is 1.72 bits per heavy atom. The fourth-order valence-corrected chi connectivity index (χ4v) is 4.07. The zero-order valence-electron chi connectivity index (χ0n) is 17.6. The van der Waals surface area contributed by atoms with E-state index in [1.54, 1.807) is 18.4 Å². The lowest BCUT2D eigenvalue weighted by Gasteiger charge is -2.12. The second-order valence-corrected chi connectivity index (χ2v) is 8.10. The van der Waals surface area contributed by atoms with Gasteiger partial charge in [0, 0.05) is 29.7 Å². The van der Waals surface area contributed by atoms with E-state index in [4.69, 9.17) is 5.10 Å². The molecule has 0 unspecified atom stereocenters. The Hall–Kier alpha value is -1.94. The standard InChI is InChI=1S/C21H28N6S.HI/c1-14-19(16(3)27(26-14)13-18-9-7-6-8-10-18)11-23-21(22-5)24-12-20-15(2)25-17(4)28-20;/h6-10H,11-13H2,1-5H3,(H2,22,23,24);1H. The topological polar surface area (TPSA) is 67.1 Å². The number of aryl methyl sites for hydroxylation is 3. The molecule has 2 aromatic heterocycles. The largest absolute Gasteiger partial charge is 0.352 e. The predicted molar refractivity (Wildman–Crippen MR) is 131 cm³/mol. The molecule has 1 aromatic carbocycles. The van der Waals surface area contributed by atoms with E-state index >= 15 is 0 Å². The van der Waals surface area contributed by atoms with E-state index in [1.807, 2.05) is 19.9 Å². The molecule has 0 bridgehead atoms. The van der Waals surface area contributed by atoms with Gasteiger partial charge in [0.2, 0.25) is 0 Å². The van der Waals surface area contributed by atoms with Gasteiger partial charge in [-0.2, -0.15) is 5.10 Å². The van der Waals surface area contributed by atoms with Crippen LogP contribution in [0.1, 0.15) is 38.1 Å². The number of hydrogen-bond donors (Lipinski definition) is 2. The Morgan fingerprint density at radius 3 is 2.34 bits per heavy atom. The van der Waals surface area contributed by atoms with Crippen molar-refractivity contribution in [2.24, 2.45) is 4.99 Å². The van der Waals surface area contributed by atoms with Gasteiger partial charge in [0.1, 0.15) is 0 Å². The van der Waals surface area contributed by atoms with Crippen LogP contribution in [0.4, 0.5) is 0 Å². The van der Waals surface area contributed by atoms with Gasteiger partial charge < -0.3 is 10.6 Å². The second-order valence-electron chi connectivity index (χ2n) is 6.81. The van der Waals surface area contributed by atoms with Crippen molar-refractivity contribution in [3.8, 4) is 0 Å². The summed E-state index contributed by atoms with van der Waals surface area (Å²) in [6.07, 6.45) is 0. The highest BCUT2D eigenvalue weighted by Crippen LogP contribution is 2.17. The maximum Gasteiger partial charge on any atom is 0.191 e. The van der Waals surface area contributed by atoms with Crippen molar-refractivity contribution in [1.29, 1.82) is 0 Å². The van der Waals surface area contributed by atoms with Crippen molar-refractivity contribution in [1.82, 2.24) is 25.4 Å². The van der Waals surface area contributed by atoms with Crippen molar-refractivity contribution in [2.75, 3.05) is 7.05 Å². The van der Waals surface area contributed by atoms with Gasteiger partial charge >= 0.3 is 0 Å². The number of hydrogen-bond acceptors (Lipinski definition) is 4. The normalized spacial score (nSPS) is 11.3. The number of rotatable bonds is 6. The first-order valence-electron chi connectivity index (χ1n) is 9.42. The Bertz CT molecular complexity index is 961. The molecule has 0 aliphatic heterocycles. The molecule has 0 atom stereocenters. The van der Waals surface area contributed by atoms with Gasteiger partial charge in [-0.25, -0.2) is 4.98 Å². The number of nitrogens with one attached hydrogen (secondary N) is 2. The molecule has 0 spiro atoms. The first-order valence-corrected chi connectivity index (χ1v) is 10.2. The lowest BCUT2D eigenvalue weighted by molar-refractivity contribution is 0.657. The van der Waals surface area contributed by atoms with E-state index in [1.165, 1.54) is 21.7 Å². The molecular formula is C21H29IN6S. The van der Waals surface area contributed by atoms with Crippen LogP contribution in [0.3, 0.4) is 0 Å². The highest BCUT2D eigenvalue weighted by molar-refractivity contribution is 14.0. The Balaban J connectivity index is 0.00000300. The SMILES string of the molecule is CN=C(NCc1sc(C)nc1C)NCc1c(C)nn(Cc2ccccc2)c1C.I. The van der Waals surface area contributed by atoms with E-state index in [2.05, 4.69) is 63.4 Å². The van der Waals surface area contributed by atoms with Gasteiger partial charge in [0.25, 0.3) is 0 Å². The fourth-order valence-electron chi connectivity index (χ4n) is 3.19.